The number of aromatic nitrogens is 3. The summed E-state index contributed by atoms with van der Waals surface area (Å²) >= 11 is 5.95. The van der Waals surface area contributed by atoms with E-state index in [1.54, 1.807) is 43.4 Å². The minimum absolute atomic E-state index is 0.223. The van der Waals surface area contributed by atoms with Gasteiger partial charge in [0, 0.05) is 30.9 Å². The molecule has 0 aliphatic heterocycles. The molecule has 4 aromatic rings. The molecule has 8 heteroatoms. The number of hydrogen-bond acceptors (Lipinski definition) is 4. The van der Waals surface area contributed by atoms with Gasteiger partial charge in [0.05, 0.1) is 11.4 Å². The molecular formula is C22H19ClN4O3. The van der Waals surface area contributed by atoms with E-state index in [9.17, 15) is 14.4 Å². The Morgan fingerprint density at radius 3 is 2.23 bits per heavy atom. The number of nitrogens with one attached hydrogen (secondary N) is 1. The van der Waals surface area contributed by atoms with Crippen molar-refractivity contribution < 1.29 is 0 Å². The van der Waals surface area contributed by atoms with Crippen molar-refractivity contribution in [2.45, 2.75) is 6.92 Å². The number of para-hydroxylation sites is 1. The molecule has 1 N–H and O–H groups in total. The van der Waals surface area contributed by atoms with Crippen molar-refractivity contribution in [2.24, 2.45) is 14.1 Å². The van der Waals surface area contributed by atoms with Crippen LogP contribution < -0.4 is 22.1 Å². The Morgan fingerprint density at radius 1 is 0.900 bits per heavy atom. The molecule has 0 spiro atoms. The normalized spacial score (nSPS) is 11.1. The molecule has 4 rings (SSSR count). The monoisotopic (exact) mass is 422 g/mol. The van der Waals surface area contributed by atoms with Gasteiger partial charge in [-0.2, -0.15) is 0 Å². The number of hydrogen-bond donors (Lipinski definition) is 1. The van der Waals surface area contributed by atoms with Crippen LogP contribution in [-0.2, 0) is 14.1 Å². The number of rotatable bonds is 3. The SMILES string of the molecule is Cc1ccccc1-n1c(=O)n(C)c(=O)c2c(Nc3ccc(Cl)cc3)cc(=O)n(C)c21. The van der Waals surface area contributed by atoms with E-state index in [-0.39, 0.29) is 16.6 Å². The summed E-state index contributed by atoms with van der Waals surface area (Å²) in [5.41, 5.74) is 1.26. The molecule has 0 aliphatic carbocycles. The molecule has 0 fully saturated rings. The van der Waals surface area contributed by atoms with Gasteiger partial charge >= 0.3 is 5.69 Å². The summed E-state index contributed by atoms with van der Waals surface area (Å²) < 4.78 is 3.77. The second-order valence-corrected chi connectivity index (χ2v) is 7.49. The van der Waals surface area contributed by atoms with E-state index in [4.69, 9.17) is 11.6 Å². The standard InChI is InChI=1S/C22H19ClN4O3/c1-13-6-4-5-7-17(13)27-20-19(21(29)26(3)22(27)30)16(12-18(28)25(20)2)24-15-10-8-14(23)9-11-15/h4-12,24H,1-3H3. The highest BCUT2D eigenvalue weighted by Gasteiger charge is 2.20. The Hall–Kier alpha value is -3.58. The first-order valence-electron chi connectivity index (χ1n) is 9.24. The van der Waals surface area contributed by atoms with Crippen molar-refractivity contribution in [3.8, 4) is 5.69 Å². The zero-order chi connectivity index (χ0) is 21.6. The van der Waals surface area contributed by atoms with Crippen molar-refractivity contribution >= 4 is 34.0 Å². The molecule has 7 nitrogen and oxygen atoms in total. The average molecular weight is 423 g/mol. The number of aryl methyl sites for hydroxylation is 2. The van der Waals surface area contributed by atoms with Crippen molar-refractivity contribution in [3.63, 3.8) is 0 Å². The van der Waals surface area contributed by atoms with Gasteiger partial charge in [-0.3, -0.25) is 18.7 Å². The quantitative estimate of drug-likeness (QED) is 0.550. The van der Waals surface area contributed by atoms with Crippen LogP contribution in [0.5, 0.6) is 0 Å². The molecule has 0 unspecified atom stereocenters. The lowest BCUT2D eigenvalue weighted by molar-refractivity contribution is 0.728. The van der Waals surface area contributed by atoms with Gasteiger partial charge in [0.25, 0.3) is 11.1 Å². The van der Waals surface area contributed by atoms with Crippen LogP contribution in [0.15, 0.2) is 69.0 Å². The molecule has 30 heavy (non-hydrogen) atoms. The molecule has 0 saturated heterocycles. The predicted octanol–water partition coefficient (Wildman–Crippen LogP) is 3.09. The summed E-state index contributed by atoms with van der Waals surface area (Å²) in [4.78, 5) is 39.0. The third kappa shape index (κ3) is 3.13. The van der Waals surface area contributed by atoms with E-state index in [1.165, 1.54) is 22.2 Å². The molecule has 0 aliphatic rings. The number of anilines is 2. The summed E-state index contributed by atoms with van der Waals surface area (Å²) in [6.45, 7) is 1.87. The molecule has 0 amide bonds. The Bertz CT molecular complexity index is 1460. The van der Waals surface area contributed by atoms with Crippen LogP contribution in [0.3, 0.4) is 0 Å². The van der Waals surface area contributed by atoms with E-state index >= 15 is 0 Å². The number of benzene rings is 2. The Labute approximate surface area is 176 Å². The highest BCUT2D eigenvalue weighted by atomic mass is 35.5. The van der Waals surface area contributed by atoms with Gasteiger partial charge in [-0.25, -0.2) is 9.36 Å². The third-order valence-electron chi connectivity index (χ3n) is 5.10. The minimum Gasteiger partial charge on any atom is -0.355 e. The van der Waals surface area contributed by atoms with Gasteiger partial charge in [-0.05, 0) is 42.8 Å². The summed E-state index contributed by atoms with van der Waals surface area (Å²) in [7, 11) is 2.97. The molecule has 0 bridgehead atoms. The van der Waals surface area contributed by atoms with Gasteiger partial charge < -0.3 is 5.32 Å². The van der Waals surface area contributed by atoms with Gasteiger partial charge in [0.1, 0.15) is 11.0 Å². The van der Waals surface area contributed by atoms with Crippen molar-refractivity contribution in [1.29, 1.82) is 0 Å². The van der Waals surface area contributed by atoms with Crippen LogP contribution in [0.2, 0.25) is 5.02 Å². The zero-order valence-corrected chi connectivity index (χ0v) is 17.4. The maximum Gasteiger partial charge on any atom is 0.337 e. The van der Waals surface area contributed by atoms with Gasteiger partial charge in [0.2, 0.25) is 0 Å². The predicted molar refractivity (Wildman–Crippen MR) is 119 cm³/mol. The summed E-state index contributed by atoms with van der Waals surface area (Å²) in [5, 5.41) is 3.92. The summed E-state index contributed by atoms with van der Waals surface area (Å²) in [6, 6.07) is 15.6. The summed E-state index contributed by atoms with van der Waals surface area (Å²) in [5.74, 6) is 0. The fourth-order valence-corrected chi connectivity index (χ4v) is 3.60. The second-order valence-electron chi connectivity index (χ2n) is 7.05. The van der Waals surface area contributed by atoms with E-state index < -0.39 is 11.2 Å². The van der Waals surface area contributed by atoms with Gasteiger partial charge in [-0.15, -0.1) is 0 Å². The molecule has 0 saturated carbocycles. The highest BCUT2D eigenvalue weighted by Crippen LogP contribution is 2.24. The van der Waals surface area contributed by atoms with Crippen LogP contribution >= 0.6 is 11.6 Å². The number of nitrogens with zero attached hydrogens (tertiary/aromatic N) is 3. The fourth-order valence-electron chi connectivity index (χ4n) is 3.47. The number of pyridine rings is 1. The lowest BCUT2D eigenvalue weighted by Gasteiger charge is -2.18. The van der Waals surface area contributed by atoms with Crippen molar-refractivity contribution in [1.82, 2.24) is 13.7 Å². The van der Waals surface area contributed by atoms with Gasteiger partial charge in [-0.1, -0.05) is 29.8 Å². The Balaban J connectivity index is 2.15. The van der Waals surface area contributed by atoms with Crippen LogP contribution in [-0.4, -0.2) is 13.7 Å². The van der Waals surface area contributed by atoms with Gasteiger partial charge in [0.15, 0.2) is 0 Å². The third-order valence-corrected chi connectivity index (χ3v) is 5.35. The zero-order valence-electron chi connectivity index (χ0n) is 16.6. The molecule has 152 valence electrons. The average Bonchev–Trinajstić information content (AvgIpc) is 2.72. The highest BCUT2D eigenvalue weighted by molar-refractivity contribution is 6.30. The first kappa shape index (κ1) is 19.7. The van der Waals surface area contributed by atoms with E-state index in [0.717, 1.165) is 10.1 Å². The molecule has 2 aromatic carbocycles. The molecule has 0 atom stereocenters. The molecule has 2 heterocycles. The fraction of sp³-hybridized carbons (Fsp3) is 0.136. The Kier molecular flexibility index (Phi) is 4.83. The molecular weight excluding hydrogens is 404 g/mol. The van der Waals surface area contributed by atoms with E-state index in [0.29, 0.717) is 22.1 Å². The molecule has 2 aromatic heterocycles. The van der Waals surface area contributed by atoms with E-state index in [2.05, 4.69) is 5.32 Å². The first-order valence-corrected chi connectivity index (χ1v) is 9.62. The van der Waals surface area contributed by atoms with Crippen LogP contribution in [0, 0.1) is 6.92 Å². The summed E-state index contributed by atoms with van der Waals surface area (Å²) in [6.07, 6.45) is 0. The van der Waals surface area contributed by atoms with Crippen LogP contribution in [0.25, 0.3) is 16.7 Å². The second kappa shape index (κ2) is 7.35. The lowest BCUT2D eigenvalue weighted by Crippen LogP contribution is -2.40. The van der Waals surface area contributed by atoms with Crippen LogP contribution in [0.4, 0.5) is 11.4 Å². The number of fused-ring (bicyclic) bond motifs is 1. The maximum atomic E-state index is 13.1. The van der Waals surface area contributed by atoms with E-state index in [1.807, 2.05) is 19.1 Å². The van der Waals surface area contributed by atoms with Crippen LogP contribution in [0.1, 0.15) is 5.56 Å². The minimum atomic E-state index is -0.527. The van der Waals surface area contributed by atoms with Crippen molar-refractivity contribution in [2.75, 3.05) is 5.32 Å². The maximum absolute atomic E-state index is 13.1. The topological polar surface area (TPSA) is 78.0 Å². The smallest absolute Gasteiger partial charge is 0.337 e. The first-order chi connectivity index (χ1) is 14.3. The largest absolute Gasteiger partial charge is 0.355 e. The Morgan fingerprint density at radius 2 is 1.57 bits per heavy atom. The number of halogens is 1. The van der Waals surface area contributed by atoms with Crippen molar-refractivity contribution in [3.05, 3.63) is 96.4 Å². The molecule has 0 radical (unpaired) electrons. The lowest BCUT2D eigenvalue weighted by atomic mass is 10.2.